The van der Waals surface area contributed by atoms with Crippen molar-refractivity contribution in [2.24, 2.45) is 0 Å². The molecule has 0 radical (unpaired) electrons. The minimum Gasteiger partial charge on any atom is -0.497 e. The van der Waals surface area contributed by atoms with E-state index >= 15 is 0 Å². The molecule has 4 rings (SSSR count). The molecule has 7 nitrogen and oxygen atoms in total. The molecule has 1 aromatic heterocycles. The van der Waals surface area contributed by atoms with E-state index in [9.17, 15) is 4.79 Å². The number of fused-ring (bicyclic) bond motifs is 1. The van der Waals surface area contributed by atoms with E-state index in [-0.39, 0.29) is 12.5 Å². The largest absolute Gasteiger partial charge is 0.497 e. The summed E-state index contributed by atoms with van der Waals surface area (Å²) in [5.41, 5.74) is 3.93. The molecule has 0 saturated heterocycles. The fourth-order valence-corrected chi connectivity index (χ4v) is 3.37. The number of hydrogen-bond acceptors (Lipinski definition) is 6. The molecule has 0 aliphatic carbocycles. The second kappa shape index (κ2) is 9.65. The van der Waals surface area contributed by atoms with E-state index in [0.29, 0.717) is 40.3 Å². The second-order valence-electron chi connectivity index (χ2n) is 7.83. The molecular formula is C26H26N2O5. The highest BCUT2D eigenvalue weighted by Gasteiger charge is 2.14. The summed E-state index contributed by atoms with van der Waals surface area (Å²) in [7, 11) is 3.14. The zero-order valence-corrected chi connectivity index (χ0v) is 19.0. The molecule has 0 saturated carbocycles. The first-order chi connectivity index (χ1) is 16.0. The van der Waals surface area contributed by atoms with E-state index in [2.05, 4.69) is 24.1 Å². The smallest absolute Gasteiger partial charge is 0.262 e. The predicted molar refractivity (Wildman–Crippen MR) is 127 cm³/mol. The number of anilines is 1. The Bertz CT molecular complexity index is 1260. The summed E-state index contributed by atoms with van der Waals surface area (Å²) in [6.07, 6.45) is 0. The molecule has 170 valence electrons. The first-order valence-corrected chi connectivity index (χ1v) is 10.6. The lowest BCUT2D eigenvalue weighted by atomic mass is 10.0. The van der Waals surface area contributed by atoms with E-state index in [0.717, 1.165) is 11.1 Å². The van der Waals surface area contributed by atoms with Crippen LogP contribution >= 0.6 is 0 Å². The normalized spacial score (nSPS) is 10.9. The molecule has 1 N–H and O–H groups in total. The van der Waals surface area contributed by atoms with Crippen LogP contribution in [0.1, 0.15) is 25.3 Å². The van der Waals surface area contributed by atoms with Gasteiger partial charge in [-0.3, -0.25) is 4.79 Å². The topological polar surface area (TPSA) is 82.8 Å². The maximum Gasteiger partial charge on any atom is 0.262 e. The maximum atomic E-state index is 12.5. The molecule has 33 heavy (non-hydrogen) atoms. The summed E-state index contributed by atoms with van der Waals surface area (Å²) in [5, 5.41) is 2.84. The molecule has 0 unspecified atom stereocenters. The Balaban J connectivity index is 1.51. The van der Waals surface area contributed by atoms with Crippen molar-refractivity contribution in [3.8, 4) is 28.7 Å². The monoisotopic (exact) mass is 446 g/mol. The SMILES string of the molecule is COc1ccc(OCC(=O)Nc2cc(-c3nc4cc(C(C)C)ccc4o3)ccc2OC)cc1. The van der Waals surface area contributed by atoms with Crippen molar-refractivity contribution in [1.82, 2.24) is 4.98 Å². The number of hydrogen-bond donors (Lipinski definition) is 1. The number of methoxy groups -OCH3 is 2. The fourth-order valence-electron chi connectivity index (χ4n) is 3.37. The van der Waals surface area contributed by atoms with Crippen LogP contribution in [-0.2, 0) is 4.79 Å². The van der Waals surface area contributed by atoms with Crippen LogP contribution in [0.15, 0.2) is 65.1 Å². The molecular weight excluding hydrogens is 420 g/mol. The summed E-state index contributed by atoms with van der Waals surface area (Å²) in [5.74, 6) is 2.36. The molecule has 4 aromatic rings. The average Bonchev–Trinajstić information content (AvgIpc) is 3.26. The van der Waals surface area contributed by atoms with Crippen molar-refractivity contribution < 1.29 is 23.4 Å². The van der Waals surface area contributed by atoms with Gasteiger partial charge in [-0.25, -0.2) is 4.98 Å². The molecule has 0 spiro atoms. The van der Waals surface area contributed by atoms with Crippen molar-refractivity contribution in [1.29, 1.82) is 0 Å². The van der Waals surface area contributed by atoms with Gasteiger partial charge >= 0.3 is 0 Å². The number of carbonyl (C=O) groups is 1. The molecule has 0 aliphatic rings. The first kappa shape index (κ1) is 22.2. The van der Waals surface area contributed by atoms with Crippen LogP contribution in [0.25, 0.3) is 22.6 Å². The van der Waals surface area contributed by atoms with Gasteiger partial charge in [-0.2, -0.15) is 0 Å². The number of rotatable bonds is 8. The van der Waals surface area contributed by atoms with Crippen LogP contribution in [0, 0.1) is 0 Å². The molecule has 1 amide bonds. The van der Waals surface area contributed by atoms with Crippen molar-refractivity contribution in [2.75, 3.05) is 26.1 Å². The molecule has 0 bridgehead atoms. The third-order valence-corrected chi connectivity index (χ3v) is 5.23. The number of ether oxygens (including phenoxy) is 3. The van der Waals surface area contributed by atoms with Crippen molar-refractivity contribution in [3.63, 3.8) is 0 Å². The molecule has 1 heterocycles. The van der Waals surface area contributed by atoms with Gasteiger partial charge in [0, 0.05) is 5.56 Å². The number of amides is 1. The van der Waals surface area contributed by atoms with Crippen LogP contribution in [0.5, 0.6) is 17.2 Å². The van der Waals surface area contributed by atoms with E-state index in [1.807, 2.05) is 24.3 Å². The Morgan fingerprint density at radius 3 is 2.42 bits per heavy atom. The van der Waals surface area contributed by atoms with Crippen molar-refractivity contribution >= 4 is 22.7 Å². The third-order valence-electron chi connectivity index (χ3n) is 5.23. The Hall–Kier alpha value is -4.00. The second-order valence-corrected chi connectivity index (χ2v) is 7.83. The zero-order chi connectivity index (χ0) is 23.4. The quantitative estimate of drug-likeness (QED) is 0.376. The Morgan fingerprint density at radius 1 is 0.970 bits per heavy atom. The predicted octanol–water partition coefficient (Wildman–Crippen LogP) is 5.65. The van der Waals surface area contributed by atoms with Crippen LogP contribution in [0.3, 0.4) is 0 Å². The number of aromatic nitrogens is 1. The summed E-state index contributed by atoms with van der Waals surface area (Å²) < 4.78 is 22.0. The lowest BCUT2D eigenvalue weighted by Gasteiger charge is -2.12. The van der Waals surface area contributed by atoms with Gasteiger partial charge in [0.1, 0.15) is 22.8 Å². The Morgan fingerprint density at radius 2 is 1.73 bits per heavy atom. The van der Waals surface area contributed by atoms with E-state index in [1.54, 1.807) is 50.6 Å². The minimum atomic E-state index is -0.319. The molecule has 0 atom stereocenters. The summed E-state index contributed by atoms with van der Waals surface area (Å²) in [6, 6.07) is 18.4. The summed E-state index contributed by atoms with van der Waals surface area (Å²) >= 11 is 0. The average molecular weight is 447 g/mol. The summed E-state index contributed by atoms with van der Waals surface area (Å²) in [4.78, 5) is 17.1. The molecule has 0 fully saturated rings. The minimum absolute atomic E-state index is 0.152. The Labute approximate surface area is 192 Å². The number of benzene rings is 3. The lowest BCUT2D eigenvalue weighted by Crippen LogP contribution is -2.20. The molecule has 0 aliphatic heterocycles. The molecule has 3 aromatic carbocycles. The zero-order valence-electron chi connectivity index (χ0n) is 19.0. The number of nitrogens with zero attached hydrogens (tertiary/aromatic N) is 1. The van der Waals surface area contributed by atoms with E-state index < -0.39 is 0 Å². The summed E-state index contributed by atoms with van der Waals surface area (Å²) in [6.45, 7) is 4.12. The van der Waals surface area contributed by atoms with E-state index in [4.69, 9.17) is 18.6 Å². The van der Waals surface area contributed by atoms with Gasteiger partial charge in [-0.05, 0) is 66.1 Å². The number of carbonyl (C=O) groups excluding carboxylic acids is 1. The van der Waals surface area contributed by atoms with Gasteiger partial charge in [0.2, 0.25) is 5.89 Å². The van der Waals surface area contributed by atoms with Gasteiger partial charge in [0.25, 0.3) is 5.91 Å². The highest BCUT2D eigenvalue weighted by molar-refractivity contribution is 5.94. The van der Waals surface area contributed by atoms with Crippen molar-refractivity contribution in [2.45, 2.75) is 19.8 Å². The Kier molecular flexibility index (Phi) is 6.49. The number of oxazole rings is 1. The highest BCUT2D eigenvalue weighted by Crippen LogP contribution is 2.32. The van der Waals surface area contributed by atoms with Crippen LogP contribution in [-0.4, -0.2) is 31.7 Å². The number of nitrogens with one attached hydrogen (secondary N) is 1. The van der Waals surface area contributed by atoms with Gasteiger partial charge in [0.15, 0.2) is 12.2 Å². The first-order valence-electron chi connectivity index (χ1n) is 10.6. The van der Waals surface area contributed by atoms with Gasteiger partial charge in [-0.1, -0.05) is 19.9 Å². The van der Waals surface area contributed by atoms with E-state index in [1.165, 1.54) is 5.56 Å². The van der Waals surface area contributed by atoms with Gasteiger partial charge in [-0.15, -0.1) is 0 Å². The highest BCUT2D eigenvalue weighted by atomic mass is 16.5. The molecule has 7 heteroatoms. The standard InChI is InChI=1S/C26H26N2O5/c1-16(2)17-5-12-24-22(13-17)28-26(33-24)18-6-11-23(31-4)21(14-18)27-25(29)15-32-20-9-7-19(30-3)8-10-20/h5-14,16H,15H2,1-4H3,(H,27,29). The van der Waals surface area contributed by atoms with Gasteiger partial charge in [0.05, 0.1) is 19.9 Å². The van der Waals surface area contributed by atoms with Crippen LogP contribution in [0.4, 0.5) is 5.69 Å². The van der Waals surface area contributed by atoms with Crippen LogP contribution < -0.4 is 19.5 Å². The third kappa shape index (κ3) is 5.09. The van der Waals surface area contributed by atoms with Crippen molar-refractivity contribution in [3.05, 3.63) is 66.2 Å². The maximum absolute atomic E-state index is 12.5. The lowest BCUT2D eigenvalue weighted by molar-refractivity contribution is -0.118. The van der Waals surface area contributed by atoms with Crippen LogP contribution in [0.2, 0.25) is 0 Å². The fraction of sp³-hybridized carbons (Fsp3) is 0.231. The van der Waals surface area contributed by atoms with Gasteiger partial charge < -0.3 is 23.9 Å².